The molecule has 1 aliphatic heterocycles. The number of fused-ring (bicyclic) bond motifs is 1. The highest BCUT2D eigenvalue weighted by atomic mass is 32.1. The van der Waals surface area contributed by atoms with Gasteiger partial charge in [0.15, 0.2) is 0 Å². The molecule has 3 rings (SSSR count). The highest BCUT2D eigenvalue weighted by molar-refractivity contribution is 7.20. The molecule has 2 amide bonds. The zero-order valence-electron chi connectivity index (χ0n) is 12.6. The Hall–Kier alpha value is -1.93. The lowest BCUT2D eigenvalue weighted by atomic mass is 10.3. The number of amides is 2. The van der Waals surface area contributed by atoms with Crippen LogP contribution in [0.3, 0.4) is 0 Å². The molecule has 7 nitrogen and oxygen atoms in total. The van der Waals surface area contributed by atoms with Crippen molar-refractivity contribution in [3.63, 3.8) is 0 Å². The molecule has 1 fully saturated rings. The molecular weight excluding hydrogens is 304 g/mol. The van der Waals surface area contributed by atoms with Gasteiger partial charge < -0.3 is 15.0 Å². The predicted octanol–water partition coefficient (Wildman–Crippen LogP) is 0.532. The number of rotatable bonds is 3. The number of morpholine rings is 1. The van der Waals surface area contributed by atoms with Gasteiger partial charge in [-0.05, 0) is 13.0 Å². The number of hydrogen-bond donors (Lipinski definition) is 1. The summed E-state index contributed by atoms with van der Waals surface area (Å²) in [6, 6.07) is 1.83. The molecule has 0 bridgehead atoms. The Labute approximate surface area is 131 Å². The van der Waals surface area contributed by atoms with E-state index in [1.165, 1.54) is 11.3 Å². The van der Waals surface area contributed by atoms with Gasteiger partial charge in [-0.2, -0.15) is 5.10 Å². The molecule has 1 saturated heterocycles. The van der Waals surface area contributed by atoms with Gasteiger partial charge >= 0.3 is 0 Å². The third-order valence-electron chi connectivity index (χ3n) is 3.68. The molecule has 0 radical (unpaired) electrons. The molecule has 0 unspecified atom stereocenters. The maximum atomic E-state index is 12.2. The van der Waals surface area contributed by atoms with Crippen molar-refractivity contribution in [2.45, 2.75) is 6.92 Å². The molecule has 2 aromatic rings. The van der Waals surface area contributed by atoms with Crippen molar-refractivity contribution in [2.24, 2.45) is 7.05 Å². The second-order valence-corrected chi connectivity index (χ2v) is 6.24. The fourth-order valence-corrected chi connectivity index (χ4v) is 3.52. The standard InChI is InChI=1S/C14H18N4O3S/c1-9-10-7-11(22-14(10)17(2)16-9)13(20)15-8-12(19)18-3-5-21-6-4-18/h7H,3-6,8H2,1-2H3,(H,15,20). The van der Waals surface area contributed by atoms with E-state index in [0.29, 0.717) is 31.2 Å². The first-order valence-corrected chi connectivity index (χ1v) is 7.95. The fraction of sp³-hybridized carbons (Fsp3) is 0.500. The first-order valence-electron chi connectivity index (χ1n) is 7.13. The zero-order chi connectivity index (χ0) is 15.7. The van der Waals surface area contributed by atoms with Crippen molar-refractivity contribution in [3.05, 3.63) is 16.6 Å². The summed E-state index contributed by atoms with van der Waals surface area (Å²) in [6.07, 6.45) is 0. The largest absolute Gasteiger partial charge is 0.378 e. The second kappa shape index (κ2) is 6.05. The third-order valence-corrected chi connectivity index (χ3v) is 4.88. The molecule has 2 aromatic heterocycles. The smallest absolute Gasteiger partial charge is 0.261 e. The maximum Gasteiger partial charge on any atom is 0.261 e. The van der Waals surface area contributed by atoms with Crippen LogP contribution in [0.25, 0.3) is 10.2 Å². The monoisotopic (exact) mass is 322 g/mol. The van der Waals surface area contributed by atoms with Crippen molar-refractivity contribution in [1.29, 1.82) is 0 Å². The van der Waals surface area contributed by atoms with Crippen molar-refractivity contribution < 1.29 is 14.3 Å². The summed E-state index contributed by atoms with van der Waals surface area (Å²) in [4.78, 5) is 27.5. The van der Waals surface area contributed by atoms with Crippen LogP contribution < -0.4 is 5.32 Å². The van der Waals surface area contributed by atoms with E-state index in [0.717, 1.165) is 15.9 Å². The van der Waals surface area contributed by atoms with Crippen LogP contribution in [0.4, 0.5) is 0 Å². The molecule has 0 aromatic carbocycles. The quantitative estimate of drug-likeness (QED) is 0.894. The van der Waals surface area contributed by atoms with Crippen molar-refractivity contribution in [2.75, 3.05) is 32.8 Å². The van der Waals surface area contributed by atoms with Gasteiger partial charge in [0.2, 0.25) is 5.91 Å². The minimum absolute atomic E-state index is 0.0182. The molecule has 0 saturated carbocycles. The van der Waals surface area contributed by atoms with E-state index >= 15 is 0 Å². The predicted molar refractivity (Wildman–Crippen MR) is 83.1 cm³/mol. The molecule has 0 aliphatic carbocycles. The summed E-state index contributed by atoms with van der Waals surface area (Å²) >= 11 is 1.38. The second-order valence-electron chi connectivity index (χ2n) is 5.21. The molecule has 118 valence electrons. The first-order chi connectivity index (χ1) is 10.6. The highest BCUT2D eigenvalue weighted by Gasteiger charge is 2.19. The number of nitrogens with one attached hydrogen (secondary N) is 1. The van der Waals surface area contributed by atoms with E-state index in [1.54, 1.807) is 9.58 Å². The number of aromatic nitrogens is 2. The van der Waals surface area contributed by atoms with E-state index in [-0.39, 0.29) is 18.4 Å². The summed E-state index contributed by atoms with van der Waals surface area (Å²) < 4.78 is 6.97. The van der Waals surface area contributed by atoms with Gasteiger partial charge in [0.1, 0.15) is 4.83 Å². The molecule has 8 heteroatoms. The van der Waals surface area contributed by atoms with Gasteiger partial charge in [0.25, 0.3) is 5.91 Å². The third kappa shape index (κ3) is 2.84. The van der Waals surface area contributed by atoms with E-state index in [2.05, 4.69) is 10.4 Å². The van der Waals surface area contributed by atoms with Crippen LogP contribution in [-0.4, -0.2) is 59.3 Å². The average Bonchev–Trinajstić information content (AvgIpc) is 3.08. The van der Waals surface area contributed by atoms with E-state index in [4.69, 9.17) is 4.74 Å². The van der Waals surface area contributed by atoms with Crippen molar-refractivity contribution >= 4 is 33.4 Å². The van der Waals surface area contributed by atoms with Gasteiger partial charge in [-0.3, -0.25) is 14.3 Å². The lowest BCUT2D eigenvalue weighted by Gasteiger charge is -2.26. The van der Waals surface area contributed by atoms with Gasteiger partial charge in [-0.25, -0.2) is 0 Å². The van der Waals surface area contributed by atoms with Crippen LogP contribution in [-0.2, 0) is 16.6 Å². The molecule has 1 N–H and O–H groups in total. The minimum atomic E-state index is -0.220. The molecule has 0 atom stereocenters. The van der Waals surface area contributed by atoms with Crippen molar-refractivity contribution in [3.8, 4) is 0 Å². The maximum absolute atomic E-state index is 12.2. The number of aryl methyl sites for hydroxylation is 2. The van der Waals surface area contributed by atoms with Crippen LogP contribution in [0.15, 0.2) is 6.07 Å². The Kier molecular flexibility index (Phi) is 4.12. The Bertz CT molecular complexity index is 681. The SMILES string of the molecule is Cc1nn(C)c2sc(C(=O)NCC(=O)N3CCOCC3)cc12. The highest BCUT2D eigenvalue weighted by Crippen LogP contribution is 2.27. The van der Waals surface area contributed by atoms with Crippen LogP contribution in [0, 0.1) is 6.92 Å². The Morgan fingerprint density at radius 1 is 1.41 bits per heavy atom. The van der Waals surface area contributed by atoms with Gasteiger partial charge in [-0.15, -0.1) is 11.3 Å². The lowest BCUT2D eigenvalue weighted by Crippen LogP contribution is -2.45. The van der Waals surface area contributed by atoms with E-state index < -0.39 is 0 Å². The zero-order valence-corrected chi connectivity index (χ0v) is 13.4. The summed E-state index contributed by atoms with van der Waals surface area (Å²) in [5.74, 6) is -0.294. The van der Waals surface area contributed by atoms with Gasteiger partial charge in [0, 0.05) is 25.5 Å². The van der Waals surface area contributed by atoms with E-state index in [1.807, 2.05) is 20.0 Å². The minimum Gasteiger partial charge on any atom is -0.378 e. The first kappa shape index (κ1) is 15.0. The van der Waals surface area contributed by atoms with Crippen molar-refractivity contribution in [1.82, 2.24) is 20.0 Å². The number of carbonyl (C=O) groups excluding carboxylic acids is 2. The lowest BCUT2D eigenvalue weighted by molar-refractivity contribution is -0.134. The Balaban J connectivity index is 1.63. The van der Waals surface area contributed by atoms with Gasteiger partial charge in [-0.1, -0.05) is 0 Å². The normalized spacial score (nSPS) is 15.3. The summed E-state index contributed by atoms with van der Waals surface area (Å²) in [7, 11) is 1.86. The van der Waals surface area contributed by atoms with Crippen LogP contribution >= 0.6 is 11.3 Å². The Morgan fingerprint density at radius 3 is 2.82 bits per heavy atom. The average molecular weight is 322 g/mol. The number of ether oxygens (including phenoxy) is 1. The number of thiophene rings is 1. The molecule has 3 heterocycles. The molecule has 0 spiro atoms. The number of carbonyl (C=O) groups is 2. The van der Waals surface area contributed by atoms with E-state index in [9.17, 15) is 9.59 Å². The summed E-state index contributed by atoms with van der Waals surface area (Å²) in [5, 5.41) is 7.99. The number of hydrogen-bond acceptors (Lipinski definition) is 5. The topological polar surface area (TPSA) is 76.5 Å². The molecular formula is C14H18N4O3S. The van der Waals surface area contributed by atoms with Crippen LogP contribution in [0.5, 0.6) is 0 Å². The van der Waals surface area contributed by atoms with Crippen LogP contribution in [0.2, 0.25) is 0 Å². The molecule has 22 heavy (non-hydrogen) atoms. The van der Waals surface area contributed by atoms with Gasteiger partial charge in [0.05, 0.1) is 30.3 Å². The molecule has 1 aliphatic rings. The fourth-order valence-electron chi connectivity index (χ4n) is 2.48. The Morgan fingerprint density at radius 2 is 2.14 bits per heavy atom. The van der Waals surface area contributed by atoms with Crippen LogP contribution in [0.1, 0.15) is 15.4 Å². The summed E-state index contributed by atoms with van der Waals surface area (Å²) in [5.41, 5.74) is 0.900. The number of nitrogens with zero attached hydrogens (tertiary/aromatic N) is 3. The summed E-state index contributed by atoms with van der Waals surface area (Å²) in [6.45, 7) is 4.22.